The van der Waals surface area contributed by atoms with Crippen LogP contribution in [0.15, 0.2) is 158 Å². The second-order valence-corrected chi connectivity index (χ2v) is 16.7. The molecule has 4 unspecified atom stereocenters. The summed E-state index contributed by atoms with van der Waals surface area (Å²) >= 11 is 0. The van der Waals surface area contributed by atoms with Gasteiger partial charge in [0.25, 0.3) is 0 Å². The number of benzene rings is 6. The molecule has 0 bridgehead atoms. The summed E-state index contributed by atoms with van der Waals surface area (Å²) in [6.45, 7) is 7.45. The van der Waals surface area contributed by atoms with Crippen LogP contribution in [0.2, 0.25) is 0 Å². The van der Waals surface area contributed by atoms with Gasteiger partial charge in [0.2, 0.25) is 0 Å². The molecule has 0 saturated carbocycles. The predicted molar refractivity (Wildman–Crippen MR) is 263 cm³/mol. The van der Waals surface area contributed by atoms with E-state index in [9.17, 15) is 9.59 Å². The molecule has 0 amide bonds. The summed E-state index contributed by atoms with van der Waals surface area (Å²) in [4.78, 5) is 27.3. The average molecular weight is 925 g/mol. The van der Waals surface area contributed by atoms with Crippen molar-refractivity contribution in [3.05, 3.63) is 180 Å². The Balaban J connectivity index is 1.16. The molecule has 68 heavy (non-hydrogen) atoms. The van der Waals surface area contributed by atoms with Gasteiger partial charge < -0.3 is 37.9 Å². The minimum Gasteiger partial charge on any atom is -0.497 e. The lowest BCUT2D eigenvalue weighted by Gasteiger charge is -2.31. The molecule has 0 fully saturated rings. The molecule has 6 aromatic rings. The van der Waals surface area contributed by atoms with E-state index in [1.807, 2.05) is 123 Å². The maximum absolute atomic E-state index is 13.7. The Hall–Kier alpha value is -7.02. The number of carbonyl (C=O) groups is 2. The zero-order valence-electron chi connectivity index (χ0n) is 40.1. The molecular formula is C56H64N2O10. The maximum Gasteiger partial charge on any atom is 0.417 e. The number of rotatable bonds is 24. The van der Waals surface area contributed by atoms with Gasteiger partial charge in [-0.1, -0.05) is 84.9 Å². The molecule has 6 atom stereocenters. The zero-order valence-corrected chi connectivity index (χ0v) is 40.1. The van der Waals surface area contributed by atoms with Crippen molar-refractivity contribution < 1.29 is 47.5 Å². The molecule has 12 nitrogen and oxygen atoms in total. The summed E-state index contributed by atoms with van der Waals surface area (Å²) in [5, 5.41) is 7.08. The van der Waals surface area contributed by atoms with E-state index in [4.69, 9.17) is 37.9 Å². The lowest BCUT2D eigenvalue weighted by molar-refractivity contribution is -0.179. The number of carbonyl (C=O) groups excluding carboxylic acids is 2. The third kappa shape index (κ3) is 14.5. The molecule has 0 spiro atoms. The van der Waals surface area contributed by atoms with Gasteiger partial charge in [-0.25, -0.2) is 9.59 Å². The fourth-order valence-corrected chi connectivity index (χ4v) is 8.06. The van der Waals surface area contributed by atoms with Crippen LogP contribution in [0.25, 0.3) is 0 Å². The summed E-state index contributed by atoms with van der Waals surface area (Å²) in [5.74, 6) is 1.77. The van der Waals surface area contributed by atoms with Crippen LogP contribution in [0.1, 0.15) is 74.6 Å². The molecule has 358 valence electrons. The van der Waals surface area contributed by atoms with Crippen molar-refractivity contribution in [1.29, 1.82) is 0 Å². The molecule has 0 aliphatic heterocycles. The van der Waals surface area contributed by atoms with E-state index < -0.39 is 36.6 Å². The van der Waals surface area contributed by atoms with Crippen LogP contribution >= 0.6 is 0 Å². The smallest absolute Gasteiger partial charge is 0.417 e. The molecule has 0 saturated heterocycles. The Labute approximate surface area is 400 Å². The largest absolute Gasteiger partial charge is 0.497 e. The van der Waals surface area contributed by atoms with E-state index in [0.29, 0.717) is 24.3 Å². The number of methoxy groups -OCH3 is 4. The predicted octanol–water partition coefficient (Wildman–Crippen LogP) is 10.1. The number of esters is 2. The number of hydrogen-bond donors (Lipinski definition) is 2. The van der Waals surface area contributed by atoms with Crippen molar-refractivity contribution in [2.75, 3.05) is 28.4 Å². The van der Waals surface area contributed by atoms with Crippen molar-refractivity contribution in [3.63, 3.8) is 0 Å². The average Bonchev–Trinajstić information content (AvgIpc) is 3.37. The van der Waals surface area contributed by atoms with E-state index in [2.05, 4.69) is 59.2 Å². The fraction of sp³-hybridized carbons (Fsp3) is 0.321. The zero-order chi connectivity index (χ0) is 48.4. The van der Waals surface area contributed by atoms with Crippen LogP contribution in [-0.2, 0) is 19.1 Å². The van der Waals surface area contributed by atoms with Gasteiger partial charge >= 0.3 is 11.9 Å². The first kappa shape index (κ1) is 50.4. The molecule has 2 N–H and O–H groups in total. The van der Waals surface area contributed by atoms with Crippen molar-refractivity contribution in [2.45, 2.75) is 89.1 Å². The molecule has 12 heteroatoms. The Morgan fingerprint density at radius 1 is 0.382 bits per heavy atom. The summed E-state index contributed by atoms with van der Waals surface area (Å²) in [6, 6.07) is 50.2. The molecule has 6 aromatic carbocycles. The number of para-hydroxylation sites is 2. The first-order chi connectivity index (χ1) is 33.0. The third-order valence-corrected chi connectivity index (χ3v) is 11.8. The quantitative estimate of drug-likeness (QED) is 0.0340. The van der Waals surface area contributed by atoms with Crippen LogP contribution in [0, 0.1) is 0 Å². The molecule has 6 rings (SSSR count). The highest BCUT2D eigenvalue weighted by molar-refractivity contribution is 6.29. The molecule has 0 radical (unpaired) electrons. The second-order valence-electron chi connectivity index (χ2n) is 16.7. The van der Waals surface area contributed by atoms with Gasteiger partial charge in [-0.3, -0.25) is 10.6 Å². The van der Waals surface area contributed by atoms with Crippen molar-refractivity contribution in [2.24, 2.45) is 0 Å². The third-order valence-electron chi connectivity index (χ3n) is 11.8. The van der Waals surface area contributed by atoms with Gasteiger partial charge in [0.15, 0.2) is 12.5 Å². The standard InChI is InChI=1S/C56H64N2O10/c1-37(35-51(41-19-27-45(61-5)28-20-41)42-21-29-46(62-6)30-22-42)57-53(67-49-15-11-9-12-16-49)39(3)65-55(59)56(60)66-40(4)54(68-50-17-13-10-14-18-50)58-38(2)36-52(43-23-31-47(63-7)32-24-43)44-25-33-48(64-8)34-26-44/h9-34,37-40,51-54,57-58H,35-36H2,1-8H3/t37-,38-,39?,40?,53?,54?/m1/s1. The Morgan fingerprint density at radius 2 is 0.647 bits per heavy atom. The van der Waals surface area contributed by atoms with Gasteiger partial charge in [-0.15, -0.1) is 0 Å². The number of hydrogen-bond acceptors (Lipinski definition) is 12. The summed E-state index contributed by atoms with van der Waals surface area (Å²) in [5.41, 5.74) is 4.37. The van der Waals surface area contributed by atoms with E-state index >= 15 is 0 Å². The first-order valence-corrected chi connectivity index (χ1v) is 22.9. The highest BCUT2D eigenvalue weighted by Crippen LogP contribution is 2.34. The van der Waals surface area contributed by atoms with Gasteiger partial charge in [-0.05, 0) is 136 Å². The van der Waals surface area contributed by atoms with Gasteiger partial charge in [0.05, 0.1) is 28.4 Å². The summed E-state index contributed by atoms with van der Waals surface area (Å²) in [7, 11) is 6.58. The van der Waals surface area contributed by atoms with Crippen molar-refractivity contribution in [1.82, 2.24) is 10.6 Å². The maximum atomic E-state index is 13.7. The number of ether oxygens (including phenoxy) is 8. The minimum atomic E-state index is -1.17. The van der Waals surface area contributed by atoms with Crippen molar-refractivity contribution >= 4 is 11.9 Å². The fourth-order valence-electron chi connectivity index (χ4n) is 8.06. The van der Waals surface area contributed by atoms with Gasteiger partial charge in [0, 0.05) is 23.9 Å². The van der Waals surface area contributed by atoms with Crippen LogP contribution in [0.5, 0.6) is 34.5 Å². The molecule has 0 aliphatic carbocycles. The van der Waals surface area contributed by atoms with Gasteiger partial charge in [-0.2, -0.15) is 0 Å². The first-order valence-electron chi connectivity index (χ1n) is 22.9. The topological polar surface area (TPSA) is 132 Å². The van der Waals surface area contributed by atoms with Crippen molar-refractivity contribution in [3.8, 4) is 34.5 Å². The van der Waals surface area contributed by atoms with Crippen LogP contribution < -0.4 is 39.1 Å². The highest BCUT2D eigenvalue weighted by Gasteiger charge is 2.33. The van der Waals surface area contributed by atoms with Crippen LogP contribution in [0.3, 0.4) is 0 Å². The Morgan fingerprint density at radius 3 is 0.897 bits per heavy atom. The van der Waals surface area contributed by atoms with Gasteiger partial charge in [0.1, 0.15) is 46.7 Å². The lowest BCUT2D eigenvalue weighted by Crippen LogP contribution is -2.51. The lowest BCUT2D eigenvalue weighted by atomic mass is 9.86. The minimum absolute atomic E-state index is 0.0286. The monoisotopic (exact) mass is 924 g/mol. The normalized spacial score (nSPS) is 13.9. The molecular weight excluding hydrogens is 861 g/mol. The van der Waals surface area contributed by atoms with E-state index in [1.54, 1.807) is 42.3 Å². The molecule has 0 aliphatic rings. The second kappa shape index (κ2) is 25.2. The van der Waals surface area contributed by atoms with Crippen LogP contribution in [0.4, 0.5) is 0 Å². The highest BCUT2D eigenvalue weighted by atomic mass is 16.6. The molecule has 0 heterocycles. The van der Waals surface area contributed by atoms with Crippen LogP contribution in [-0.4, -0.2) is 77.1 Å². The van der Waals surface area contributed by atoms with E-state index in [1.165, 1.54) is 0 Å². The van der Waals surface area contributed by atoms with E-state index in [-0.39, 0.29) is 23.9 Å². The Bertz CT molecular complexity index is 2150. The summed E-state index contributed by atoms with van der Waals surface area (Å²) in [6.07, 6.45) is -2.29. The SMILES string of the molecule is COc1ccc(C(C[C@@H](C)NC(Oc2ccccc2)C(C)OC(=O)C(=O)OC(C)C(N[C@H](C)CC(c2ccc(OC)cc2)c2ccc(OC)cc2)Oc2ccccc2)c2ccc(OC)cc2)cc1. The Kier molecular flexibility index (Phi) is 18.7. The number of nitrogens with one attached hydrogen (secondary N) is 2. The summed E-state index contributed by atoms with van der Waals surface area (Å²) < 4.78 is 46.2. The van der Waals surface area contributed by atoms with E-state index in [0.717, 1.165) is 45.3 Å². The molecule has 0 aromatic heterocycles.